The molecule has 2 rings (SSSR count). The molecule has 2 N–H and O–H groups in total. The minimum atomic E-state index is -0.369. The number of carbonyl (C=O) groups is 1. The molecule has 2 aromatic heterocycles. The van der Waals surface area contributed by atoms with Crippen LogP contribution in [-0.4, -0.2) is 13.1 Å². The van der Waals surface area contributed by atoms with E-state index >= 15 is 0 Å². The van der Waals surface area contributed by atoms with E-state index in [1.54, 1.807) is 11.3 Å². The first kappa shape index (κ1) is 13.6. The van der Waals surface area contributed by atoms with E-state index in [0.717, 1.165) is 26.2 Å². The number of nitrogen functional groups attached to an aromatic ring is 1. The molecule has 2 heterocycles. The van der Waals surface area contributed by atoms with Gasteiger partial charge in [0.1, 0.15) is 4.88 Å². The van der Waals surface area contributed by atoms with Gasteiger partial charge in [0.2, 0.25) is 0 Å². The molecule has 0 atom stereocenters. The SMILES string of the molecule is CCc1c(-c2sccc2Br)sc(C(=O)OC)c1N. The molecule has 0 aliphatic rings. The van der Waals surface area contributed by atoms with Crippen LogP contribution in [0, 0.1) is 0 Å². The van der Waals surface area contributed by atoms with Gasteiger partial charge in [-0.2, -0.15) is 0 Å². The lowest BCUT2D eigenvalue weighted by atomic mass is 10.1. The summed E-state index contributed by atoms with van der Waals surface area (Å²) in [5.41, 5.74) is 7.61. The molecule has 0 unspecified atom stereocenters. The second-order valence-corrected chi connectivity index (χ2v) is 6.39. The fraction of sp³-hybridized carbons (Fsp3) is 0.250. The van der Waals surface area contributed by atoms with Crippen LogP contribution in [0.1, 0.15) is 22.2 Å². The summed E-state index contributed by atoms with van der Waals surface area (Å²) < 4.78 is 5.79. The van der Waals surface area contributed by atoms with E-state index in [9.17, 15) is 4.79 Å². The topological polar surface area (TPSA) is 52.3 Å². The zero-order chi connectivity index (χ0) is 13.3. The van der Waals surface area contributed by atoms with Crippen LogP contribution in [0.2, 0.25) is 0 Å². The van der Waals surface area contributed by atoms with Gasteiger partial charge in [0.15, 0.2) is 0 Å². The zero-order valence-electron chi connectivity index (χ0n) is 9.95. The minimum Gasteiger partial charge on any atom is -0.465 e. The van der Waals surface area contributed by atoms with Crippen molar-refractivity contribution < 1.29 is 9.53 Å². The highest BCUT2D eigenvalue weighted by Gasteiger charge is 2.22. The molecule has 2 aromatic rings. The second-order valence-electron chi connectivity index (χ2n) is 3.60. The third-order valence-corrected chi connectivity index (χ3v) is 5.83. The molecule has 96 valence electrons. The van der Waals surface area contributed by atoms with Crippen LogP contribution in [-0.2, 0) is 11.2 Å². The number of rotatable bonds is 3. The standard InChI is InChI=1S/C12H12BrNO2S2/c1-3-6-8(14)11(12(15)16-2)18-9(6)10-7(13)4-5-17-10/h4-5H,3,14H2,1-2H3. The Balaban J connectivity index is 2.62. The molecule has 0 amide bonds. The third kappa shape index (κ3) is 2.20. The van der Waals surface area contributed by atoms with E-state index in [-0.39, 0.29) is 5.97 Å². The van der Waals surface area contributed by atoms with Crippen molar-refractivity contribution >= 4 is 50.3 Å². The van der Waals surface area contributed by atoms with Crippen molar-refractivity contribution in [3.05, 3.63) is 26.4 Å². The zero-order valence-corrected chi connectivity index (χ0v) is 13.2. The summed E-state index contributed by atoms with van der Waals surface area (Å²) in [6.45, 7) is 2.03. The Kier molecular flexibility index (Phi) is 4.09. The van der Waals surface area contributed by atoms with E-state index < -0.39 is 0 Å². The molecule has 0 bridgehead atoms. The predicted molar refractivity (Wildman–Crippen MR) is 80.5 cm³/mol. The third-order valence-electron chi connectivity index (χ3n) is 2.60. The summed E-state index contributed by atoms with van der Waals surface area (Å²) >= 11 is 6.54. The highest BCUT2D eigenvalue weighted by atomic mass is 79.9. The van der Waals surface area contributed by atoms with Crippen molar-refractivity contribution in [2.75, 3.05) is 12.8 Å². The van der Waals surface area contributed by atoms with Crippen LogP contribution in [0.25, 0.3) is 9.75 Å². The number of nitrogens with two attached hydrogens (primary N) is 1. The number of thiophene rings is 2. The molecule has 0 saturated carbocycles. The van der Waals surface area contributed by atoms with Crippen LogP contribution >= 0.6 is 38.6 Å². The first-order valence-electron chi connectivity index (χ1n) is 5.32. The summed E-state index contributed by atoms with van der Waals surface area (Å²) in [5.74, 6) is -0.369. The van der Waals surface area contributed by atoms with Crippen molar-refractivity contribution in [2.24, 2.45) is 0 Å². The van der Waals surface area contributed by atoms with Gasteiger partial charge in [-0.1, -0.05) is 6.92 Å². The maximum Gasteiger partial charge on any atom is 0.350 e. The van der Waals surface area contributed by atoms with Crippen molar-refractivity contribution in [3.8, 4) is 9.75 Å². The Labute approximate surface area is 122 Å². The van der Waals surface area contributed by atoms with Crippen molar-refractivity contribution in [1.29, 1.82) is 0 Å². The van der Waals surface area contributed by atoms with Crippen molar-refractivity contribution in [3.63, 3.8) is 0 Å². The molecule has 0 fully saturated rings. The average molecular weight is 346 g/mol. The lowest BCUT2D eigenvalue weighted by Gasteiger charge is -2.00. The summed E-state index contributed by atoms with van der Waals surface area (Å²) in [4.78, 5) is 14.3. The molecular weight excluding hydrogens is 334 g/mol. The highest BCUT2D eigenvalue weighted by molar-refractivity contribution is 9.10. The van der Waals surface area contributed by atoms with Gasteiger partial charge in [0, 0.05) is 4.47 Å². The summed E-state index contributed by atoms with van der Waals surface area (Å²) in [6, 6.07) is 1.99. The monoisotopic (exact) mass is 345 g/mol. The van der Waals surface area contributed by atoms with Gasteiger partial charge in [0.25, 0.3) is 0 Å². The number of anilines is 1. The minimum absolute atomic E-state index is 0.369. The maximum atomic E-state index is 11.7. The number of hydrogen-bond acceptors (Lipinski definition) is 5. The largest absolute Gasteiger partial charge is 0.465 e. The first-order chi connectivity index (χ1) is 8.60. The summed E-state index contributed by atoms with van der Waals surface area (Å²) in [5, 5.41) is 2.01. The summed E-state index contributed by atoms with van der Waals surface area (Å²) in [6.07, 6.45) is 0.791. The van der Waals surface area contributed by atoms with E-state index in [1.165, 1.54) is 18.4 Å². The molecule has 6 heteroatoms. The quantitative estimate of drug-likeness (QED) is 0.849. The van der Waals surface area contributed by atoms with Gasteiger partial charge in [-0.25, -0.2) is 4.79 Å². The Morgan fingerprint density at radius 1 is 1.50 bits per heavy atom. The fourth-order valence-corrected chi connectivity index (χ4v) is 4.83. The molecule has 0 spiro atoms. The van der Waals surface area contributed by atoms with Gasteiger partial charge < -0.3 is 10.5 Å². The molecule has 18 heavy (non-hydrogen) atoms. The molecule has 0 radical (unpaired) electrons. The average Bonchev–Trinajstić information content (AvgIpc) is 2.91. The Bertz CT molecular complexity index is 589. The van der Waals surface area contributed by atoms with Crippen LogP contribution in [0.4, 0.5) is 5.69 Å². The van der Waals surface area contributed by atoms with Gasteiger partial charge >= 0.3 is 5.97 Å². The number of methoxy groups -OCH3 is 1. The lowest BCUT2D eigenvalue weighted by Crippen LogP contribution is -2.02. The lowest BCUT2D eigenvalue weighted by molar-refractivity contribution is 0.0607. The number of carbonyl (C=O) groups excluding carboxylic acids is 1. The normalized spacial score (nSPS) is 10.6. The number of halogens is 1. The first-order valence-corrected chi connectivity index (χ1v) is 7.81. The van der Waals surface area contributed by atoms with E-state index in [1.807, 2.05) is 18.4 Å². The van der Waals surface area contributed by atoms with E-state index in [2.05, 4.69) is 15.9 Å². The Morgan fingerprint density at radius 2 is 2.22 bits per heavy atom. The number of esters is 1. The molecule has 0 aliphatic heterocycles. The van der Waals surface area contributed by atoms with Gasteiger partial charge in [0.05, 0.1) is 22.6 Å². The smallest absolute Gasteiger partial charge is 0.350 e. The fourth-order valence-electron chi connectivity index (χ4n) is 1.71. The van der Waals surface area contributed by atoms with Gasteiger partial charge in [-0.3, -0.25) is 0 Å². The van der Waals surface area contributed by atoms with Crippen LogP contribution in [0.15, 0.2) is 15.9 Å². The van der Waals surface area contributed by atoms with E-state index in [4.69, 9.17) is 10.5 Å². The van der Waals surface area contributed by atoms with Gasteiger partial charge in [-0.05, 0) is 39.4 Å². The number of ether oxygens (including phenoxy) is 1. The highest BCUT2D eigenvalue weighted by Crippen LogP contribution is 2.44. The van der Waals surface area contributed by atoms with Crippen molar-refractivity contribution in [2.45, 2.75) is 13.3 Å². The van der Waals surface area contributed by atoms with Gasteiger partial charge in [-0.15, -0.1) is 22.7 Å². The predicted octanol–water partition coefficient (Wildman–Crippen LogP) is 4.17. The molecule has 0 aliphatic carbocycles. The van der Waals surface area contributed by atoms with Crippen LogP contribution < -0.4 is 5.73 Å². The van der Waals surface area contributed by atoms with E-state index in [0.29, 0.717) is 10.6 Å². The maximum absolute atomic E-state index is 11.7. The second kappa shape index (κ2) is 5.42. The molecule has 0 saturated heterocycles. The van der Waals surface area contributed by atoms with Crippen LogP contribution in [0.5, 0.6) is 0 Å². The Hall–Kier alpha value is -0.850. The van der Waals surface area contributed by atoms with Crippen LogP contribution in [0.3, 0.4) is 0 Å². The Morgan fingerprint density at radius 3 is 2.72 bits per heavy atom. The number of hydrogen-bond donors (Lipinski definition) is 1. The molecular formula is C12H12BrNO2S2. The molecule has 3 nitrogen and oxygen atoms in total. The van der Waals surface area contributed by atoms with Crippen molar-refractivity contribution in [1.82, 2.24) is 0 Å². The summed E-state index contributed by atoms with van der Waals surface area (Å²) in [7, 11) is 1.37. The molecule has 0 aromatic carbocycles.